The number of allylic oxidation sites excluding steroid dienone is 1. The van der Waals surface area contributed by atoms with Crippen molar-refractivity contribution in [3.8, 4) is 0 Å². The van der Waals surface area contributed by atoms with Crippen molar-refractivity contribution in [1.29, 1.82) is 0 Å². The average Bonchev–Trinajstić information content (AvgIpc) is 2.37. The second-order valence-corrected chi connectivity index (χ2v) is 5.80. The Morgan fingerprint density at radius 2 is 1.90 bits per heavy atom. The molecule has 0 bridgehead atoms. The normalized spacial score (nSPS) is 19.1. The van der Waals surface area contributed by atoms with Crippen molar-refractivity contribution in [3.05, 3.63) is 48.2 Å². The molecular formula is C16H19NO3. The summed E-state index contributed by atoms with van der Waals surface area (Å²) in [5.74, 6) is 0.0126. The third-order valence-corrected chi connectivity index (χ3v) is 2.94. The highest BCUT2D eigenvalue weighted by Crippen LogP contribution is 2.29. The molecule has 106 valence electrons. The van der Waals surface area contributed by atoms with Crippen LogP contribution in [0.25, 0.3) is 0 Å². The standard InChI is InChI=1S/C16H19NO3/c1-16(2,3)20-15(19)17-10-9-13(18)11-14(17)12-7-5-4-6-8-12/h4-10,14H,11H2,1-3H3/t14-/m1/s1. The van der Waals surface area contributed by atoms with Crippen LogP contribution in [0.15, 0.2) is 42.6 Å². The third kappa shape index (κ3) is 3.47. The van der Waals surface area contributed by atoms with Crippen molar-refractivity contribution in [2.75, 3.05) is 0 Å². The number of carbonyl (C=O) groups excluding carboxylic acids is 2. The molecule has 0 spiro atoms. The topological polar surface area (TPSA) is 46.6 Å². The van der Waals surface area contributed by atoms with Crippen LogP contribution in [0.5, 0.6) is 0 Å². The van der Waals surface area contributed by atoms with Gasteiger partial charge in [0.05, 0.1) is 6.04 Å². The maximum absolute atomic E-state index is 12.2. The maximum Gasteiger partial charge on any atom is 0.414 e. The highest BCUT2D eigenvalue weighted by Gasteiger charge is 2.31. The van der Waals surface area contributed by atoms with Crippen molar-refractivity contribution >= 4 is 11.9 Å². The Hall–Kier alpha value is -2.10. The summed E-state index contributed by atoms with van der Waals surface area (Å²) in [6, 6.07) is 9.21. The molecule has 1 aliphatic rings. The molecule has 0 saturated heterocycles. The van der Waals surface area contributed by atoms with Crippen molar-refractivity contribution in [2.45, 2.75) is 38.8 Å². The zero-order chi connectivity index (χ0) is 14.8. The first kappa shape index (κ1) is 14.3. The fourth-order valence-electron chi connectivity index (χ4n) is 2.08. The lowest BCUT2D eigenvalue weighted by molar-refractivity contribution is -0.116. The van der Waals surface area contributed by atoms with E-state index in [0.29, 0.717) is 0 Å². The molecule has 0 fully saturated rings. The lowest BCUT2D eigenvalue weighted by Crippen LogP contribution is -2.38. The van der Waals surface area contributed by atoms with Crippen LogP contribution in [-0.4, -0.2) is 22.4 Å². The monoisotopic (exact) mass is 273 g/mol. The van der Waals surface area contributed by atoms with E-state index < -0.39 is 11.7 Å². The Morgan fingerprint density at radius 3 is 2.50 bits per heavy atom. The van der Waals surface area contributed by atoms with E-state index in [1.54, 1.807) is 0 Å². The van der Waals surface area contributed by atoms with E-state index in [2.05, 4.69) is 0 Å². The summed E-state index contributed by atoms with van der Waals surface area (Å²) < 4.78 is 5.39. The van der Waals surface area contributed by atoms with E-state index >= 15 is 0 Å². The summed E-state index contributed by atoms with van der Waals surface area (Å²) in [4.78, 5) is 25.4. The molecule has 0 aromatic heterocycles. The third-order valence-electron chi connectivity index (χ3n) is 2.94. The first-order valence-electron chi connectivity index (χ1n) is 6.64. The van der Waals surface area contributed by atoms with Gasteiger partial charge in [-0.3, -0.25) is 9.69 Å². The van der Waals surface area contributed by atoms with Gasteiger partial charge in [0.1, 0.15) is 5.60 Å². The summed E-state index contributed by atoms with van der Waals surface area (Å²) in [6.45, 7) is 5.46. The molecule has 20 heavy (non-hydrogen) atoms. The van der Waals surface area contributed by atoms with Gasteiger partial charge in [-0.2, -0.15) is 0 Å². The van der Waals surface area contributed by atoms with Gasteiger partial charge in [0.2, 0.25) is 0 Å². The molecule has 1 atom stereocenters. The Morgan fingerprint density at radius 1 is 1.25 bits per heavy atom. The quantitative estimate of drug-likeness (QED) is 0.787. The van der Waals surface area contributed by atoms with Crippen molar-refractivity contribution in [3.63, 3.8) is 0 Å². The van der Waals surface area contributed by atoms with Crippen LogP contribution < -0.4 is 0 Å². The summed E-state index contributed by atoms with van der Waals surface area (Å²) >= 11 is 0. The molecule has 1 aromatic rings. The fraction of sp³-hybridized carbons (Fsp3) is 0.375. The highest BCUT2D eigenvalue weighted by atomic mass is 16.6. The zero-order valence-corrected chi connectivity index (χ0v) is 12.0. The smallest absolute Gasteiger partial charge is 0.414 e. The zero-order valence-electron chi connectivity index (χ0n) is 12.0. The number of amides is 1. The minimum Gasteiger partial charge on any atom is -0.443 e. The van der Waals surface area contributed by atoms with Gasteiger partial charge in [0.15, 0.2) is 5.78 Å². The van der Waals surface area contributed by atoms with E-state index in [0.717, 1.165) is 5.56 Å². The number of benzene rings is 1. The number of nitrogens with zero attached hydrogens (tertiary/aromatic N) is 1. The molecule has 1 heterocycles. The van der Waals surface area contributed by atoms with E-state index in [1.165, 1.54) is 17.2 Å². The van der Waals surface area contributed by atoms with Crippen LogP contribution in [0.3, 0.4) is 0 Å². The summed E-state index contributed by atoms with van der Waals surface area (Å²) in [6.07, 6.45) is 2.77. The van der Waals surface area contributed by atoms with Gasteiger partial charge in [-0.05, 0) is 32.4 Å². The van der Waals surface area contributed by atoms with Crippen LogP contribution >= 0.6 is 0 Å². The van der Waals surface area contributed by atoms with E-state index in [-0.39, 0.29) is 18.2 Å². The highest BCUT2D eigenvalue weighted by molar-refractivity contribution is 5.92. The first-order chi connectivity index (χ1) is 9.37. The second kappa shape index (κ2) is 5.49. The van der Waals surface area contributed by atoms with Crippen LogP contribution in [0.2, 0.25) is 0 Å². The molecular weight excluding hydrogens is 254 g/mol. The Bertz CT molecular complexity index is 528. The van der Waals surface area contributed by atoms with E-state index in [1.807, 2.05) is 51.1 Å². The lowest BCUT2D eigenvalue weighted by Gasteiger charge is -2.33. The molecule has 2 rings (SSSR count). The van der Waals surface area contributed by atoms with Gasteiger partial charge >= 0.3 is 6.09 Å². The average molecular weight is 273 g/mol. The van der Waals surface area contributed by atoms with Crippen molar-refractivity contribution in [1.82, 2.24) is 4.90 Å². The van der Waals surface area contributed by atoms with Crippen LogP contribution in [0.4, 0.5) is 4.79 Å². The molecule has 1 aliphatic heterocycles. The molecule has 0 saturated carbocycles. The SMILES string of the molecule is CC(C)(C)OC(=O)N1C=CC(=O)C[C@@H]1c1ccccc1. The molecule has 0 radical (unpaired) electrons. The van der Waals surface area contributed by atoms with E-state index in [4.69, 9.17) is 4.74 Å². The molecule has 1 aromatic carbocycles. The van der Waals surface area contributed by atoms with Crippen LogP contribution in [0, 0.1) is 0 Å². The summed E-state index contributed by atoms with van der Waals surface area (Å²) in [5, 5.41) is 0. The predicted octanol–water partition coefficient (Wildman–Crippen LogP) is 3.45. The van der Waals surface area contributed by atoms with Gasteiger partial charge in [-0.15, -0.1) is 0 Å². The molecule has 4 heteroatoms. The molecule has 0 aliphatic carbocycles. The second-order valence-electron chi connectivity index (χ2n) is 5.80. The van der Waals surface area contributed by atoms with Crippen molar-refractivity contribution < 1.29 is 14.3 Å². The molecule has 1 amide bonds. The number of carbonyl (C=O) groups is 2. The summed E-state index contributed by atoms with van der Waals surface area (Å²) in [7, 11) is 0. The van der Waals surface area contributed by atoms with Crippen LogP contribution in [0.1, 0.15) is 38.8 Å². The number of rotatable bonds is 1. The summed E-state index contributed by atoms with van der Waals surface area (Å²) in [5.41, 5.74) is 0.365. The molecule has 4 nitrogen and oxygen atoms in total. The van der Waals surface area contributed by atoms with Gasteiger partial charge in [-0.25, -0.2) is 4.79 Å². The van der Waals surface area contributed by atoms with Gasteiger partial charge in [0.25, 0.3) is 0 Å². The minimum atomic E-state index is -0.562. The van der Waals surface area contributed by atoms with E-state index in [9.17, 15) is 9.59 Å². The number of hydrogen-bond acceptors (Lipinski definition) is 3. The molecule has 0 N–H and O–H groups in total. The molecule has 0 unspecified atom stereocenters. The van der Waals surface area contributed by atoms with Gasteiger partial charge in [-0.1, -0.05) is 30.3 Å². The minimum absolute atomic E-state index is 0.0126. The number of ketones is 1. The first-order valence-corrected chi connectivity index (χ1v) is 6.64. The van der Waals surface area contributed by atoms with Crippen LogP contribution in [-0.2, 0) is 9.53 Å². The fourth-order valence-corrected chi connectivity index (χ4v) is 2.08. The van der Waals surface area contributed by atoms with Gasteiger partial charge < -0.3 is 4.74 Å². The van der Waals surface area contributed by atoms with Gasteiger partial charge in [0, 0.05) is 12.6 Å². The Kier molecular flexibility index (Phi) is 3.93. The predicted molar refractivity (Wildman–Crippen MR) is 76.0 cm³/mol. The number of hydrogen-bond donors (Lipinski definition) is 0. The number of ether oxygens (including phenoxy) is 1. The Labute approximate surface area is 119 Å². The van der Waals surface area contributed by atoms with Crippen molar-refractivity contribution in [2.24, 2.45) is 0 Å². The largest absolute Gasteiger partial charge is 0.443 e. The maximum atomic E-state index is 12.2. The Balaban J connectivity index is 2.26. The lowest BCUT2D eigenvalue weighted by atomic mass is 9.98.